The minimum atomic E-state index is -0.654. The highest BCUT2D eigenvalue weighted by atomic mass is 19.1. The highest BCUT2D eigenvalue weighted by molar-refractivity contribution is 6.03. The first-order valence-electron chi connectivity index (χ1n) is 13.8. The van der Waals surface area contributed by atoms with Crippen LogP contribution in [0.15, 0.2) is 71.9 Å². The first-order valence-corrected chi connectivity index (χ1v) is 13.8. The van der Waals surface area contributed by atoms with Crippen molar-refractivity contribution in [1.29, 1.82) is 0 Å². The Labute approximate surface area is 239 Å². The van der Waals surface area contributed by atoms with Gasteiger partial charge in [0.1, 0.15) is 23.1 Å². The summed E-state index contributed by atoms with van der Waals surface area (Å²) < 4.78 is 31.7. The number of aromatic nitrogens is 3. The second kappa shape index (κ2) is 8.99. The Balaban J connectivity index is 1.48. The Morgan fingerprint density at radius 2 is 1.71 bits per heavy atom. The number of carbonyl (C=O) groups excluding carboxylic acids is 1. The summed E-state index contributed by atoms with van der Waals surface area (Å²) in [5.41, 5.74) is 4.21. The molecule has 8 nitrogen and oxygen atoms in total. The van der Waals surface area contributed by atoms with Gasteiger partial charge in [-0.25, -0.2) is 9.37 Å². The number of halogens is 1. The van der Waals surface area contributed by atoms with E-state index in [2.05, 4.69) is 4.98 Å². The lowest BCUT2D eigenvalue weighted by atomic mass is 10.0. The highest BCUT2D eigenvalue weighted by Crippen LogP contribution is 2.47. The molecule has 1 fully saturated rings. The number of amides is 1. The van der Waals surface area contributed by atoms with Crippen molar-refractivity contribution in [1.82, 2.24) is 19.0 Å². The molecule has 2 aliphatic heterocycles. The summed E-state index contributed by atoms with van der Waals surface area (Å²) in [5, 5.41) is 1.91. The summed E-state index contributed by atoms with van der Waals surface area (Å²) in [6.07, 6.45) is 3.16. The first-order chi connectivity index (χ1) is 20.4. The Kier molecular flexibility index (Phi) is 5.30. The Morgan fingerprint density at radius 3 is 2.55 bits per heavy atom. The third kappa shape index (κ3) is 3.46. The third-order valence-electron chi connectivity index (χ3n) is 8.42. The van der Waals surface area contributed by atoms with Gasteiger partial charge in [-0.2, -0.15) is 0 Å². The van der Waals surface area contributed by atoms with Crippen LogP contribution in [0.4, 0.5) is 4.39 Å². The van der Waals surface area contributed by atoms with Gasteiger partial charge in [0.25, 0.3) is 5.91 Å². The van der Waals surface area contributed by atoms with Crippen molar-refractivity contribution in [3.8, 4) is 22.9 Å². The van der Waals surface area contributed by atoms with Gasteiger partial charge in [-0.1, -0.05) is 30.3 Å². The van der Waals surface area contributed by atoms with Crippen molar-refractivity contribution in [2.75, 3.05) is 26.3 Å². The topological polar surface area (TPSA) is 78.6 Å². The number of hydrogen-bond acceptors (Lipinski definition) is 5. The summed E-state index contributed by atoms with van der Waals surface area (Å²) >= 11 is 0. The molecule has 0 atom stereocenters. The van der Waals surface area contributed by atoms with Crippen LogP contribution in [-0.4, -0.2) is 51.2 Å². The Morgan fingerprint density at radius 1 is 0.929 bits per heavy atom. The second-order valence-electron chi connectivity index (χ2n) is 10.9. The molecule has 8 rings (SSSR count). The van der Waals surface area contributed by atoms with Gasteiger partial charge in [0, 0.05) is 24.7 Å². The van der Waals surface area contributed by atoms with E-state index in [1.807, 2.05) is 66.9 Å². The molecule has 0 bridgehead atoms. The normalized spacial score (nSPS) is 14.4. The fourth-order valence-corrected chi connectivity index (χ4v) is 6.12. The zero-order chi connectivity index (χ0) is 28.7. The molecule has 0 radical (unpaired) electrons. The van der Waals surface area contributed by atoms with E-state index in [1.54, 1.807) is 22.0 Å². The summed E-state index contributed by atoms with van der Waals surface area (Å²) in [4.78, 5) is 33.8. The molecule has 6 aromatic rings. The van der Waals surface area contributed by atoms with E-state index in [1.165, 1.54) is 6.07 Å². The fraction of sp³-hybridized carbons (Fsp3) is 0.182. The van der Waals surface area contributed by atoms with E-state index in [9.17, 15) is 9.59 Å². The molecule has 0 N–H and O–H groups in total. The fourth-order valence-electron chi connectivity index (χ4n) is 6.12. The van der Waals surface area contributed by atoms with Crippen LogP contribution in [0, 0.1) is 19.7 Å². The molecule has 208 valence electrons. The summed E-state index contributed by atoms with van der Waals surface area (Å²) in [6.45, 7) is 5.56. The van der Waals surface area contributed by atoms with Gasteiger partial charge >= 0.3 is 0 Å². The van der Waals surface area contributed by atoms with Gasteiger partial charge in [0.2, 0.25) is 5.43 Å². The standard InChI is InChI=1S/C33H25FN4O4/c1-18-13-25-26(14-19(18)2)38(17-35-25)30-24(34)15-22-29-32(30)42-27-8-7-20-5-3-4-6-21(20)28(27)37(29)16-23(31(22)39)33(40)36-9-11-41-12-10-36/h3-8,13-17H,9-12H2,1-2H3. The van der Waals surface area contributed by atoms with Crippen molar-refractivity contribution < 1.29 is 18.7 Å². The molecule has 42 heavy (non-hydrogen) atoms. The zero-order valence-electron chi connectivity index (χ0n) is 23.0. The van der Waals surface area contributed by atoms with Crippen molar-refractivity contribution in [2.24, 2.45) is 0 Å². The molecule has 1 amide bonds. The van der Waals surface area contributed by atoms with Crippen LogP contribution in [0.25, 0.3) is 44.1 Å². The number of pyridine rings is 1. The number of fused-ring (bicyclic) bond motifs is 5. The first kappa shape index (κ1) is 24.8. The maximum atomic E-state index is 16.3. The van der Waals surface area contributed by atoms with Crippen LogP contribution >= 0.6 is 0 Å². The third-order valence-corrected chi connectivity index (χ3v) is 8.42. The van der Waals surface area contributed by atoms with E-state index in [-0.39, 0.29) is 22.4 Å². The minimum absolute atomic E-state index is 0.0255. The van der Waals surface area contributed by atoms with E-state index in [0.29, 0.717) is 48.8 Å². The number of ether oxygens (including phenoxy) is 2. The number of aryl methyl sites for hydroxylation is 2. The number of hydrogen-bond donors (Lipinski definition) is 0. The maximum absolute atomic E-state index is 16.3. The molecule has 4 aromatic carbocycles. The molecule has 1 saturated heterocycles. The molecule has 2 aromatic heterocycles. The summed E-state index contributed by atoms with van der Waals surface area (Å²) in [7, 11) is 0. The van der Waals surface area contributed by atoms with Crippen LogP contribution in [0.5, 0.6) is 11.5 Å². The van der Waals surface area contributed by atoms with Crippen LogP contribution in [0.3, 0.4) is 0 Å². The lowest BCUT2D eigenvalue weighted by Gasteiger charge is -2.29. The van der Waals surface area contributed by atoms with Gasteiger partial charge in [0.15, 0.2) is 17.3 Å². The number of carbonyl (C=O) groups is 1. The monoisotopic (exact) mass is 560 g/mol. The number of imidazole rings is 1. The predicted molar refractivity (Wildman–Crippen MR) is 158 cm³/mol. The molecule has 0 spiro atoms. The van der Waals surface area contributed by atoms with Gasteiger partial charge in [0.05, 0.1) is 35.3 Å². The lowest BCUT2D eigenvalue weighted by molar-refractivity contribution is 0.0302. The molecule has 2 aliphatic rings. The lowest BCUT2D eigenvalue weighted by Crippen LogP contribution is -2.42. The van der Waals surface area contributed by atoms with Crippen molar-refractivity contribution in [2.45, 2.75) is 13.8 Å². The average molecular weight is 561 g/mol. The van der Waals surface area contributed by atoms with Gasteiger partial charge in [-0.3, -0.25) is 14.2 Å². The molecule has 0 aliphatic carbocycles. The number of benzene rings is 4. The maximum Gasteiger partial charge on any atom is 0.259 e. The quantitative estimate of drug-likeness (QED) is 0.266. The zero-order valence-corrected chi connectivity index (χ0v) is 23.0. The van der Waals surface area contributed by atoms with Gasteiger partial charge in [-0.15, -0.1) is 0 Å². The summed E-state index contributed by atoms with van der Waals surface area (Å²) in [6, 6.07) is 16.8. The van der Waals surface area contributed by atoms with Gasteiger partial charge in [-0.05, 0) is 54.6 Å². The Hall–Kier alpha value is -5.02. The van der Waals surface area contributed by atoms with E-state index < -0.39 is 17.2 Å². The molecular formula is C33H25FN4O4. The number of rotatable bonds is 2. The molecule has 0 saturated carbocycles. The van der Waals surface area contributed by atoms with Crippen molar-refractivity contribution in [3.63, 3.8) is 0 Å². The number of morpholine rings is 1. The number of nitrogens with zero attached hydrogens (tertiary/aromatic N) is 4. The highest BCUT2D eigenvalue weighted by Gasteiger charge is 2.32. The van der Waals surface area contributed by atoms with Crippen LogP contribution in [0.1, 0.15) is 21.5 Å². The second-order valence-corrected chi connectivity index (χ2v) is 10.9. The minimum Gasteiger partial charge on any atom is -0.451 e. The smallest absolute Gasteiger partial charge is 0.259 e. The van der Waals surface area contributed by atoms with Gasteiger partial charge < -0.3 is 18.9 Å². The van der Waals surface area contributed by atoms with Crippen LogP contribution < -0.4 is 10.2 Å². The molecule has 4 heterocycles. The molecule has 0 unspecified atom stereocenters. The van der Waals surface area contributed by atoms with E-state index in [4.69, 9.17) is 9.47 Å². The Bertz CT molecular complexity index is 2190. The van der Waals surface area contributed by atoms with Crippen molar-refractivity contribution >= 4 is 38.6 Å². The average Bonchev–Trinajstić information content (AvgIpc) is 3.40. The predicted octanol–water partition coefficient (Wildman–Crippen LogP) is 5.82. The molecule has 9 heteroatoms. The molecular weight excluding hydrogens is 535 g/mol. The van der Waals surface area contributed by atoms with E-state index >= 15 is 4.39 Å². The van der Waals surface area contributed by atoms with Crippen LogP contribution in [0.2, 0.25) is 0 Å². The SMILES string of the molecule is Cc1cc2ncn(-c3c(F)cc4c(=O)c(C(=O)N5CCOCC5)cn5c4c3Oc3ccc4ccccc4c3-5)c2cc1C. The summed E-state index contributed by atoms with van der Waals surface area (Å²) in [5.74, 6) is -0.384. The largest absolute Gasteiger partial charge is 0.451 e. The van der Waals surface area contributed by atoms with Crippen molar-refractivity contribution in [3.05, 3.63) is 99.9 Å². The van der Waals surface area contributed by atoms with E-state index in [0.717, 1.165) is 27.4 Å². The van der Waals surface area contributed by atoms with Crippen LogP contribution in [-0.2, 0) is 4.74 Å².